The molecule has 4 heteroatoms. The van der Waals surface area contributed by atoms with Gasteiger partial charge in [0.15, 0.2) is 5.84 Å². The number of hydrogen-bond donors (Lipinski definition) is 1. The third-order valence-corrected chi connectivity index (χ3v) is 8.55. The van der Waals surface area contributed by atoms with Crippen LogP contribution in [0.5, 0.6) is 0 Å². The van der Waals surface area contributed by atoms with Crippen molar-refractivity contribution in [3.8, 4) is 22.3 Å². The van der Waals surface area contributed by atoms with E-state index in [1.54, 1.807) is 0 Å². The Morgan fingerprint density at radius 2 is 1.26 bits per heavy atom. The van der Waals surface area contributed by atoms with Crippen LogP contribution in [0.4, 0.5) is 0 Å². The summed E-state index contributed by atoms with van der Waals surface area (Å²) < 4.78 is 6.16. The number of para-hydroxylation sites is 1. The molecule has 7 aromatic carbocycles. The standard InChI is InChI=1S/C43H31N3O/c44-42(46-43(32-14-5-2-6-15-32)45-28-29-11-9-16-33(25-29)30-12-3-1-4-13-30)35-24-22-31-21-23-34(26-36(31)27-35)37-18-10-20-40-41(37)38-17-7-8-19-39(38)47-40/h1-27H,28H2,(H2,44,45,46). The molecule has 47 heavy (non-hydrogen) atoms. The first-order valence-electron chi connectivity index (χ1n) is 15.7. The lowest BCUT2D eigenvalue weighted by atomic mass is 9.96. The van der Waals surface area contributed by atoms with Gasteiger partial charge in [0.05, 0.1) is 6.54 Å². The number of rotatable bonds is 6. The lowest BCUT2D eigenvalue weighted by molar-refractivity contribution is 0.669. The highest BCUT2D eigenvalue weighted by molar-refractivity contribution is 6.14. The maximum atomic E-state index is 6.72. The number of fused-ring (bicyclic) bond motifs is 4. The number of amidine groups is 2. The van der Waals surface area contributed by atoms with Crippen LogP contribution in [-0.2, 0) is 6.54 Å². The normalized spacial score (nSPS) is 12.3. The Morgan fingerprint density at radius 1 is 0.532 bits per heavy atom. The second-order valence-electron chi connectivity index (χ2n) is 11.6. The van der Waals surface area contributed by atoms with E-state index < -0.39 is 0 Å². The van der Waals surface area contributed by atoms with Crippen LogP contribution >= 0.6 is 0 Å². The topological polar surface area (TPSA) is 63.9 Å². The van der Waals surface area contributed by atoms with Crippen molar-refractivity contribution < 1.29 is 4.42 Å². The molecule has 4 nitrogen and oxygen atoms in total. The highest BCUT2D eigenvalue weighted by Gasteiger charge is 2.13. The Bertz CT molecular complexity index is 2440. The number of benzene rings is 7. The number of aliphatic imine (C=N–C) groups is 2. The molecule has 0 bridgehead atoms. The van der Waals surface area contributed by atoms with Crippen LogP contribution in [-0.4, -0.2) is 11.7 Å². The van der Waals surface area contributed by atoms with Crippen molar-refractivity contribution in [1.29, 1.82) is 0 Å². The van der Waals surface area contributed by atoms with Crippen LogP contribution in [0.1, 0.15) is 16.7 Å². The summed E-state index contributed by atoms with van der Waals surface area (Å²) in [6.45, 7) is 0.483. The van der Waals surface area contributed by atoms with Crippen molar-refractivity contribution in [1.82, 2.24) is 0 Å². The summed E-state index contributed by atoms with van der Waals surface area (Å²) in [6, 6.07) is 56.1. The van der Waals surface area contributed by atoms with Gasteiger partial charge in [-0.05, 0) is 68.9 Å². The number of nitrogens with zero attached hydrogens (tertiary/aromatic N) is 2. The Hall–Kier alpha value is -6.26. The van der Waals surface area contributed by atoms with Crippen molar-refractivity contribution >= 4 is 44.4 Å². The van der Waals surface area contributed by atoms with Gasteiger partial charge in [-0.25, -0.2) is 4.99 Å². The average molecular weight is 606 g/mol. The number of hydrogen-bond acceptors (Lipinski definition) is 2. The number of nitrogens with two attached hydrogens (primary N) is 1. The van der Waals surface area contributed by atoms with Crippen LogP contribution in [0.2, 0.25) is 0 Å². The van der Waals surface area contributed by atoms with Gasteiger partial charge in [-0.2, -0.15) is 0 Å². The third-order valence-electron chi connectivity index (χ3n) is 8.55. The largest absolute Gasteiger partial charge is 0.456 e. The predicted molar refractivity (Wildman–Crippen MR) is 196 cm³/mol. The van der Waals surface area contributed by atoms with Crippen LogP contribution < -0.4 is 5.73 Å². The zero-order valence-electron chi connectivity index (χ0n) is 25.7. The van der Waals surface area contributed by atoms with Crippen molar-refractivity contribution in [2.24, 2.45) is 15.7 Å². The Labute approximate surface area is 273 Å². The summed E-state index contributed by atoms with van der Waals surface area (Å²) >= 11 is 0. The minimum Gasteiger partial charge on any atom is -0.456 e. The van der Waals surface area contributed by atoms with Crippen LogP contribution in [0, 0.1) is 0 Å². The fourth-order valence-corrected chi connectivity index (χ4v) is 6.19. The molecular formula is C43H31N3O. The van der Waals surface area contributed by atoms with Gasteiger partial charge < -0.3 is 10.2 Å². The van der Waals surface area contributed by atoms with Crippen LogP contribution in [0.3, 0.4) is 0 Å². The van der Waals surface area contributed by atoms with E-state index in [2.05, 4.69) is 97.1 Å². The Balaban J connectivity index is 1.15. The molecule has 0 aliphatic rings. The first-order valence-corrected chi connectivity index (χ1v) is 15.7. The van der Waals surface area contributed by atoms with Gasteiger partial charge in [0.1, 0.15) is 17.0 Å². The van der Waals surface area contributed by atoms with Gasteiger partial charge in [0.25, 0.3) is 0 Å². The fraction of sp³-hybridized carbons (Fsp3) is 0.0233. The summed E-state index contributed by atoms with van der Waals surface area (Å²) in [5.74, 6) is 1.02. The van der Waals surface area contributed by atoms with Crippen LogP contribution in [0.25, 0.3) is 55.0 Å². The molecule has 0 amide bonds. The zero-order valence-corrected chi connectivity index (χ0v) is 25.7. The van der Waals surface area contributed by atoms with Crippen molar-refractivity contribution in [2.45, 2.75) is 6.54 Å². The smallest absolute Gasteiger partial charge is 0.157 e. The molecule has 0 atom stereocenters. The fourth-order valence-electron chi connectivity index (χ4n) is 6.19. The van der Waals surface area contributed by atoms with Gasteiger partial charge in [0.2, 0.25) is 0 Å². The molecular weight excluding hydrogens is 574 g/mol. The molecule has 8 aromatic rings. The Kier molecular flexibility index (Phi) is 7.37. The summed E-state index contributed by atoms with van der Waals surface area (Å²) in [6.07, 6.45) is 0. The predicted octanol–water partition coefficient (Wildman–Crippen LogP) is 10.4. The molecule has 1 aromatic heterocycles. The van der Waals surface area contributed by atoms with Gasteiger partial charge >= 0.3 is 0 Å². The van der Waals surface area contributed by atoms with Crippen LogP contribution in [0.15, 0.2) is 178 Å². The maximum absolute atomic E-state index is 6.72. The van der Waals surface area contributed by atoms with E-state index >= 15 is 0 Å². The second-order valence-corrected chi connectivity index (χ2v) is 11.6. The first-order chi connectivity index (χ1) is 23.2. The van der Waals surface area contributed by atoms with E-state index in [1.165, 1.54) is 5.56 Å². The Morgan fingerprint density at radius 3 is 2.13 bits per heavy atom. The van der Waals surface area contributed by atoms with Gasteiger partial charge in [0, 0.05) is 21.9 Å². The maximum Gasteiger partial charge on any atom is 0.157 e. The van der Waals surface area contributed by atoms with E-state index in [0.29, 0.717) is 18.2 Å². The minimum atomic E-state index is 0.417. The summed E-state index contributed by atoms with van der Waals surface area (Å²) in [5, 5.41) is 4.45. The average Bonchev–Trinajstić information content (AvgIpc) is 3.53. The molecule has 0 fully saturated rings. The second kappa shape index (κ2) is 12.3. The van der Waals surface area contributed by atoms with Gasteiger partial charge in [-0.1, -0.05) is 133 Å². The zero-order chi connectivity index (χ0) is 31.6. The van der Waals surface area contributed by atoms with E-state index in [1.807, 2.05) is 66.7 Å². The quantitative estimate of drug-likeness (QED) is 0.151. The summed E-state index contributed by atoms with van der Waals surface area (Å²) in [7, 11) is 0. The van der Waals surface area contributed by atoms with E-state index in [4.69, 9.17) is 20.1 Å². The summed E-state index contributed by atoms with van der Waals surface area (Å²) in [5.41, 5.74) is 16.0. The molecule has 0 aliphatic heterocycles. The van der Waals surface area contributed by atoms with E-state index in [-0.39, 0.29) is 0 Å². The molecule has 0 radical (unpaired) electrons. The third kappa shape index (κ3) is 5.69. The molecule has 2 N–H and O–H groups in total. The highest BCUT2D eigenvalue weighted by Crippen LogP contribution is 2.37. The molecule has 8 rings (SSSR count). The summed E-state index contributed by atoms with van der Waals surface area (Å²) in [4.78, 5) is 9.87. The van der Waals surface area contributed by atoms with E-state index in [0.717, 1.165) is 66.1 Å². The molecule has 1 heterocycles. The van der Waals surface area contributed by atoms with Gasteiger partial charge in [-0.15, -0.1) is 0 Å². The first kappa shape index (κ1) is 28.2. The van der Waals surface area contributed by atoms with Crippen molar-refractivity contribution in [3.05, 3.63) is 180 Å². The van der Waals surface area contributed by atoms with Crippen molar-refractivity contribution in [3.63, 3.8) is 0 Å². The highest BCUT2D eigenvalue weighted by atomic mass is 16.3. The molecule has 0 saturated heterocycles. The SMILES string of the molecule is NC(=NC(=NCc1cccc(-c2ccccc2)c1)c1ccccc1)c1ccc2ccc(-c3cccc4oc5ccccc5c34)cc2c1. The lowest BCUT2D eigenvalue weighted by Gasteiger charge is -2.09. The molecule has 0 saturated carbocycles. The molecule has 0 aliphatic carbocycles. The lowest BCUT2D eigenvalue weighted by Crippen LogP contribution is -2.16. The van der Waals surface area contributed by atoms with Crippen molar-refractivity contribution in [2.75, 3.05) is 0 Å². The molecule has 224 valence electrons. The van der Waals surface area contributed by atoms with E-state index in [9.17, 15) is 0 Å². The monoisotopic (exact) mass is 605 g/mol. The minimum absolute atomic E-state index is 0.417. The molecule has 0 unspecified atom stereocenters. The molecule has 0 spiro atoms. The van der Waals surface area contributed by atoms with Gasteiger partial charge in [-0.3, -0.25) is 4.99 Å². The number of furan rings is 1.